The Morgan fingerprint density at radius 3 is 1.59 bits per heavy atom. The summed E-state index contributed by atoms with van der Waals surface area (Å²) >= 11 is 1.87. The molecule has 2 nitrogen and oxygen atoms in total. The summed E-state index contributed by atoms with van der Waals surface area (Å²) in [4.78, 5) is 4.91. The second-order valence-electron chi connectivity index (χ2n) is 17.2. The molecule has 3 aliphatic rings. The molecule has 0 N–H and O–H groups in total. The minimum absolute atomic E-state index is 0.116. The highest BCUT2D eigenvalue weighted by atomic mass is 32.1. The van der Waals surface area contributed by atoms with E-state index in [4.69, 9.17) is 0 Å². The lowest BCUT2D eigenvalue weighted by molar-refractivity contribution is 0.632. The van der Waals surface area contributed by atoms with Crippen molar-refractivity contribution in [1.82, 2.24) is 0 Å². The third-order valence-electron chi connectivity index (χ3n) is 13.8. The first-order chi connectivity index (χ1) is 30.0. The van der Waals surface area contributed by atoms with Gasteiger partial charge >= 0.3 is 0 Å². The van der Waals surface area contributed by atoms with E-state index in [1.54, 1.807) is 0 Å². The molecule has 0 saturated heterocycles. The molecule has 13 rings (SSSR count). The topological polar surface area (TPSA) is 6.48 Å². The second kappa shape index (κ2) is 12.7. The van der Waals surface area contributed by atoms with Gasteiger partial charge in [-0.15, -0.1) is 11.3 Å². The van der Waals surface area contributed by atoms with Crippen molar-refractivity contribution in [3.63, 3.8) is 0 Å². The molecule has 0 amide bonds. The fourth-order valence-corrected chi connectivity index (χ4v) is 12.4. The van der Waals surface area contributed by atoms with E-state index < -0.39 is 5.41 Å². The lowest BCUT2D eigenvalue weighted by atomic mass is 9.70. The van der Waals surface area contributed by atoms with Crippen LogP contribution < -0.4 is 9.80 Å². The molecular weight excluding hydrogens is 757 g/mol. The van der Waals surface area contributed by atoms with Gasteiger partial charge in [-0.05, 0) is 122 Å². The van der Waals surface area contributed by atoms with Crippen LogP contribution in [0.15, 0.2) is 206 Å². The van der Waals surface area contributed by atoms with Gasteiger partial charge in [-0.1, -0.05) is 153 Å². The molecule has 1 aromatic heterocycles. The average Bonchev–Trinajstić information content (AvgIpc) is 3.93. The molecule has 2 aliphatic carbocycles. The van der Waals surface area contributed by atoms with Crippen molar-refractivity contribution in [3.05, 3.63) is 240 Å². The summed E-state index contributed by atoms with van der Waals surface area (Å²) in [6, 6.07) is 77.2. The summed E-state index contributed by atoms with van der Waals surface area (Å²) in [5, 5.41) is 2.62. The van der Waals surface area contributed by atoms with E-state index in [1.807, 2.05) is 11.3 Å². The number of para-hydroxylation sites is 3. The van der Waals surface area contributed by atoms with Crippen molar-refractivity contribution >= 4 is 65.6 Å². The van der Waals surface area contributed by atoms with Gasteiger partial charge in [0, 0.05) is 48.3 Å². The van der Waals surface area contributed by atoms with Gasteiger partial charge in [0.1, 0.15) is 0 Å². The first-order valence-electron chi connectivity index (χ1n) is 21.3. The highest BCUT2D eigenvalue weighted by Gasteiger charge is 2.52. The first-order valence-corrected chi connectivity index (χ1v) is 22.1. The fourth-order valence-electron chi connectivity index (χ4n) is 11.2. The van der Waals surface area contributed by atoms with Crippen LogP contribution in [0.3, 0.4) is 0 Å². The molecule has 1 spiro atoms. The molecule has 2 heterocycles. The van der Waals surface area contributed by atoms with Gasteiger partial charge in [-0.3, -0.25) is 0 Å². The smallest absolute Gasteiger partial charge is 0.0725 e. The molecule has 0 bridgehead atoms. The van der Waals surface area contributed by atoms with Crippen LogP contribution in [-0.4, -0.2) is 0 Å². The number of fused-ring (bicyclic) bond motifs is 15. The Balaban J connectivity index is 1.01. The summed E-state index contributed by atoms with van der Waals surface area (Å²) in [6.07, 6.45) is 0. The van der Waals surface area contributed by atoms with Crippen LogP contribution in [0, 0.1) is 0 Å². The van der Waals surface area contributed by atoms with Gasteiger partial charge in [0.15, 0.2) is 0 Å². The molecule has 10 aromatic rings. The zero-order chi connectivity index (χ0) is 40.5. The Hall–Kier alpha value is -7.20. The number of benzene rings is 9. The molecule has 1 atom stereocenters. The molecule has 0 saturated carbocycles. The van der Waals surface area contributed by atoms with Gasteiger partial charge in [-0.2, -0.15) is 0 Å². The van der Waals surface area contributed by atoms with Crippen LogP contribution in [0.25, 0.3) is 42.4 Å². The quantitative estimate of drug-likeness (QED) is 0.175. The average molecular weight is 797 g/mol. The van der Waals surface area contributed by atoms with Gasteiger partial charge in [0.05, 0.1) is 16.8 Å². The van der Waals surface area contributed by atoms with Crippen molar-refractivity contribution in [2.45, 2.75) is 24.7 Å². The summed E-state index contributed by atoms with van der Waals surface area (Å²) in [7, 11) is 0. The van der Waals surface area contributed by atoms with Crippen LogP contribution in [0.4, 0.5) is 34.1 Å². The van der Waals surface area contributed by atoms with Gasteiger partial charge in [0.25, 0.3) is 0 Å². The maximum absolute atomic E-state index is 2.49. The Morgan fingerprint density at radius 2 is 0.885 bits per heavy atom. The first kappa shape index (κ1) is 34.6. The molecule has 1 unspecified atom stereocenters. The van der Waals surface area contributed by atoms with E-state index >= 15 is 0 Å². The van der Waals surface area contributed by atoms with Crippen LogP contribution in [0.5, 0.6) is 0 Å². The van der Waals surface area contributed by atoms with Gasteiger partial charge in [0.2, 0.25) is 0 Å². The van der Waals surface area contributed by atoms with Gasteiger partial charge < -0.3 is 9.80 Å². The third kappa shape index (κ3) is 4.67. The number of hydrogen-bond donors (Lipinski definition) is 0. The van der Waals surface area contributed by atoms with E-state index in [0.717, 1.165) is 17.1 Å². The van der Waals surface area contributed by atoms with Crippen LogP contribution in [-0.2, 0) is 10.8 Å². The number of anilines is 6. The molecule has 288 valence electrons. The van der Waals surface area contributed by atoms with E-state index in [1.165, 1.54) is 92.9 Å². The third-order valence-corrected chi connectivity index (χ3v) is 15.0. The number of rotatable bonds is 4. The Labute approximate surface area is 360 Å². The lowest BCUT2D eigenvalue weighted by Crippen LogP contribution is -2.30. The monoisotopic (exact) mass is 796 g/mol. The maximum atomic E-state index is 2.49. The summed E-state index contributed by atoms with van der Waals surface area (Å²) in [6.45, 7) is 4.71. The van der Waals surface area contributed by atoms with Crippen molar-refractivity contribution in [2.75, 3.05) is 9.80 Å². The highest BCUT2D eigenvalue weighted by molar-refractivity contribution is 7.25. The molecule has 9 aromatic carbocycles. The summed E-state index contributed by atoms with van der Waals surface area (Å²) < 4.78 is 2.61. The Bertz CT molecular complexity index is 3380. The predicted octanol–water partition coefficient (Wildman–Crippen LogP) is 16.0. The number of nitrogens with zero attached hydrogens (tertiary/aromatic N) is 2. The zero-order valence-electron chi connectivity index (χ0n) is 33.9. The highest BCUT2D eigenvalue weighted by Crippen LogP contribution is 2.64. The molecule has 0 radical (unpaired) electrons. The molecule has 1 aliphatic heterocycles. The molecular formula is C58H40N2S. The summed E-state index contributed by atoms with van der Waals surface area (Å²) in [5.41, 5.74) is 19.7. The minimum atomic E-state index is -0.456. The fraction of sp³-hybridized carbons (Fsp3) is 0.0690. The van der Waals surface area contributed by atoms with E-state index in [0.29, 0.717) is 0 Å². The largest absolute Gasteiger partial charge is 0.310 e. The van der Waals surface area contributed by atoms with Crippen molar-refractivity contribution in [1.29, 1.82) is 0 Å². The molecule has 3 heteroatoms. The lowest BCUT2D eigenvalue weighted by Gasteiger charge is -2.42. The van der Waals surface area contributed by atoms with Crippen molar-refractivity contribution in [2.24, 2.45) is 0 Å². The predicted molar refractivity (Wildman–Crippen MR) is 257 cm³/mol. The van der Waals surface area contributed by atoms with Crippen molar-refractivity contribution in [3.8, 4) is 22.3 Å². The standard InChI is InChI=1S/C58H40N2S/c1-57(2)51-23-11-13-25-53(51)60(54-26-14-12-24-52(54)57)39-30-33-50-46(35-39)42-19-7-10-22-48(42)58(50)47-21-9-6-18-41(47)45-34-38(29-32-49(45)58)59(37-16-4-3-5-17-37)40-28-31-44-43-20-8-15-27-55(43)61-56(44)36-40/h3-36H,1-2H3. The van der Waals surface area contributed by atoms with E-state index in [2.05, 4.69) is 230 Å². The van der Waals surface area contributed by atoms with Crippen LogP contribution in [0.2, 0.25) is 0 Å². The van der Waals surface area contributed by atoms with Crippen LogP contribution in [0.1, 0.15) is 47.2 Å². The Kier molecular flexibility index (Phi) is 7.19. The SMILES string of the molecule is CC1(C)c2ccccc2N(c2ccc3c(c2)-c2ccccc2C32c3ccccc3-c3cc(N(c4ccccc4)c4ccc5c(c4)sc4ccccc45)ccc32)c2ccccc21. The number of hydrogen-bond acceptors (Lipinski definition) is 3. The molecule has 61 heavy (non-hydrogen) atoms. The van der Waals surface area contributed by atoms with Gasteiger partial charge in [-0.25, -0.2) is 0 Å². The van der Waals surface area contributed by atoms with E-state index in [-0.39, 0.29) is 5.41 Å². The minimum Gasteiger partial charge on any atom is -0.310 e. The summed E-state index contributed by atoms with van der Waals surface area (Å²) in [5.74, 6) is 0. The van der Waals surface area contributed by atoms with Crippen LogP contribution >= 0.6 is 11.3 Å². The number of thiophene rings is 1. The second-order valence-corrected chi connectivity index (χ2v) is 18.3. The maximum Gasteiger partial charge on any atom is 0.0725 e. The Morgan fingerprint density at radius 1 is 0.377 bits per heavy atom. The normalized spacial score (nSPS) is 16.2. The van der Waals surface area contributed by atoms with E-state index in [9.17, 15) is 0 Å². The zero-order valence-corrected chi connectivity index (χ0v) is 34.7. The van der Waals surface area contributed by atoms with Crippen molar-refractivity contribution < 1.29 is 0 Å². The molecule has 0 fully saturated rings.